The summed E-state index contributed by atoms with van der Waals surface area (Å²) in [5.74, 6) is 2.44. The van der Waals surface area contributed by atoms with Gasteiger partial charge in [-0.25, -0.2) is 4.79 Å². The number of hydrogen-bond acceptors (Lipinski definition) is 6. The number of benzene rings is 1. The molecule has 3 heterocycles. The molecule has 0 bridgehead atoms. The smallest absolute Gasteiger partial charge is 0.320 e. The Balaban J connectivity index is 1.32. The lowest BCUT2D eigenvalue weighted by Crippen LogP contribution is -2.53. The molecule has 8 heteroatoms. The average molecular weight is 469 g/mol. The van der Waals surface area contributed by atoms with Crippen molar-refractivity contribution in [1.29, 1.82) is 0 Å². The fraction of sp³-hybridized carbons (Fsp3) is 0.615. The summed E-state index contributed by atoms with van der Waals surface area (Å²) in [5, 5.41) is 7.56. The highest BCUT2D eigenvalue weighted by Crippen LogP contribution is 2.37. The number of hydrazone groups is 1. The molecule has 0 spiro atoms. The maximum Gasteiger partial charge on any atom is 0.320 e. The predicted octanol–water partition coefficient (Wildman–Crippen LogP) is 3.22. The van der Waals surface area contributed by atoms with Crippen molar-refractivity contribution in [2.45, 2.75) is 31.7 Å². The van der Waals surface area contributed by atoms with E-state index in [1.54, 1.807) is 14.2 Å². The quantitative estimate of drug-likeness (QED) is 0.635. The molecule has 2 atom stereocenters. The van der Waals surface area contributed by atoms with Crippen LogP contribution in [0.4, 0.5) is 4.79 Å². The largest absolute Gasteiger partial charge is 0.493 e. The van der Waals surface area contributed by atoms with Crippen LogP contribution in [0.1, 0.15) is 31.2 Å². The van der Waals surface area contributed by atoms with E-state index in [4.69, 9.17) is 19.3 Å². The van der Waals surface area contributed by atoms with Crippen LogP contribution in [-0.2, 0) is 4.74 Å². The lowest BCUT2D eigenvalue weighted by Gasteiger charge is -2.44. The molecule has 8 nitrogen and oxygen atoms in total. The van der Waals surface area contributed by atoms with Crippen LogP contribution in [-0.4, -0.2) is 92.8 Å². The number of carbonyl (C=O) groups excluding carboxylic acids is 1. The standard InChI is InChI=1S/C26H36N4O4/c1-32-23-8-7-19(17-24(23)33-2)25-22-6-4-3-5-20(22)18-30(27-25)21-9-11-28(12-10-21)26(31)29-13-15-34-16-14-29/h3-4,7-8,17,20-22H,5-6,9-16,18H2,1-2H3/t20-,22-/m0/s1. The molecule has 3 aliphatic heterocycles. The first kappa shape index (κ1) is 23.0. The number of fused-ring (bicyclic) bond motifs is 1. The zero-order valence-corrected chi connectivity index (χ0v) is 20.3. The molecule has 5 rings (SSSR count). The normalized spacial score (nSPS) is 25.6. The topological polar surface area (TPSA) is 66.8 Å². The van der Waals surface area contributed by atoms with Crippen LogP contribution in [0.15, 0.2) is 35.5 Å². The fourth-order valence-electron chi connectivity index (χ4n) is 5.71. The molecule has 2 saturated heterocycles. The van der Waals surface area contributed by atoms with Gasteiger partial charge in [0.05, 0.1) is 39.2 Å². The van der Waals surface area contributed by atoms with Crippen LogP contribution >= 0.6 is 0 Å². The number of amides is 2. The number of hydrogen-bond donors (Lipinski definition) is 0. The summed E-state index contributed by atoms with van der Waals surface area (Å²) in [7, 11) is 3.34. The van der Waals surface area contributed by atoms with E-state index in [0.29, 0.717) is 44.2 Å². The zero-order chi connectivity index (χ0) is 23.5. The van der Waals surface area contributed by atoms with Crippen LogP contribution in [0, 0.1) is 11.8 Å². The van der Waals surface area contributed by atoms with Crippen molar-refractivity contribution < 1.29 is 19.0 Å². The molecule has 0 unspecified atom stereocenters. The van der Waals surface area contributed by atoms with E-state index in [1.165, 1.54) is 0 Å². The Morgan fingerprint density at radius 1 is 0.971 bits per heavy atom. The number of likely N-dealkylation sites (tertiary alicyclic amines) is 1. The molecule has 0 saturated carbocycles. The van der Waals surface area contributed by atoms with Gasteiger partial charge in [0.15, 0.2) is 11.5 Å². The number of nitrogens with zero attached hydrogens (tertiary/aromatic N) is 4. The SMILES string of the molecule is COc1ccc(C2=NN(C3CCN(C(=O)N4CCOCC4)CC3)C[C@@H]3CC=CC[C@H]23)cc1OC. The van der Waals surface area contributed by atoms with Gasteiger partial charge in [0.25, 0.3) is 0 Å². The Labute approximate surface area is 202 Å². The molecule has 184 valence electrons. The summed E-state index contributed by atoms with van der Waals surface area (Å²) in [4.78, 5) is 16.8. The van der Waals surface area contributed by atoms with Crippen molar-refractivity contribution in [3.05, 3.63) is 35.9 Å². The van der Waals surface area contributed by atoms with Crippen molar-refractivity contribution in [1.82, 2.24) is 14.8 Å². The van der Waals surface area contributed by atoms with Crippen LogP contribution in [0.3, 0.4) is 0 Å². The number of allylic oxidation sites excluding steroid dienone is 2. The Kier molecular flexibility index (Phi) is 6.94. The van der Waals surface area contributed by atoms with E-state index in [-0.39, 0.29) is 6.03 Å². The number of urea groups is 1. The lowest BCUT2D eigenvalue weighted by atomic mass is 9.76. The maximum atomic E-state index is 12.9. The molecule has 1 aromatic rings. The second kappa shape index (κ2) is 10.3. The van der Waals surface area contributed by atoms with Gasteiger partial charge in [-0.15, -0.1) is 0 Å². The Morgan fingerprint density at radius 3 is 2.41 bits per heavy atom. The summed E-state index contributed by atoms with van der Waals surface area (Å²) < 4.78 is 16.4. The van der Waals surface area contributed by atoms with Crippen molar-refractivity contribution >= 4 is 11.7 Å². The van der Waals surface area contributed by atoms with Crippen molar-refractivity contribution in [3.8, 4) is 11.5 Å². The second-order valence-corrected chi connectivity index (χ2v) is 9.59. The molecular formula is C26H36N4O4. The van der Waals surface area contributed by atoms with Gasteiger partial charge >= 0.3 is 6.03 Å². The zero-order valence-electron chi connectivity index (χ0n) is 20.3. The molecule has 4 aliphatic rings. The molecule has 1 aromatic carbocycles. The third kappa shape index (κ3) is 4.60. The Morgan fingerprint density at radius 2 is 1.68 bits per heavy atom. The third-order valence-corrected chi connectivity index (χ3v) is 7.69. The predicted molar refractivity (Wildman–Crippen MR) is 131 cm³/mol. The fourth-order valence-corrected chi connectivity index (χ4v) is 5.71. The number of ether oxygens (including phenoxy) is 3. The molecule has 2 amide bonds. The highest BCUT2D eigenvalue weighted by Gasteiger charge is 2.37. The van der Waals surface area contributed by atoms with Crippen LogP contribution < -0.4 is 9.47 Å². The Bertz CT molecular complexity index is 935. The molecular weight excluding hydrogens is 432 g/mol. The molecule has 0 N–H and O–H groups in total. The average Bonchev–Trinajstić information content (AvgIpc) is 2.92. The molecule has 34 heavy (non-hydrogen) atoms. The van der Waals surface area contributed by atoms with E-state index in [9.17, 15) is 4.79 Å². The minimum atomic E-state index is 0.160. The third-order valence-electron chi connectivity index (χ3n) is 7.69. The van der Waals surface area contributed by atoms with Crippen LogP contribution in [0.2, 0.25) is 0 Å². The molecule has 0 radical (unpaired) electrons. The summed E-state index contributed by atoms with van der Waals surface area (Å²) in [6.07, 6.45) is 8.63. The minimum Gasteiger partial charge on any atom is -0.493 e. The van der Waals surface area contributed by atoms with E-state index in [1.807, 2.05) is 15.9 Å². The van der Waals surface area contributed by atoms with Gasteiger partial charge in [-0.3, -0.25) is 5.01 Å². The highest BCUT2D eigenvalue weighted by molar-refractivity contribution is 6.03. The number of rotatable bonds is 4. The number of piperidine rings is 1. The van der Waals surface area contributed by atoms with E-state index < -0.39 is 0 Å². The van der Waals surface area contributed by atoms with Gasteiger partial charge in [0.2, 0.25) is 0 Å². The van der Waals surface area contributed by atoms with Gasteiger partial charge in [0, 0.05) is 44.2 Å². The van der Waals surface area contributed by atoms with Crippen molar-refractivity contribution in [3.63, 3.8) is 0 Å². The first-order chi connectivity index (χ1) is 16.7. The van der Waals surface area contributed by atoms with Crippen molar-refractivity contribution in [2.75, 3.05) is 60.2 Å². The van der Waals surface area contributed by atoms with Crippen molar-refractivity contribution in [2.24, 2.45) is 16.9 Å². The van der Waals surface area contributed by atoms with Gasteiger partial charge in [-0.05, 0) is 49.8 Å². The first-order valence-corrected chi connectivity index (χ1v) is 12.5. The minimum absolute atomic E-state index is 0.160. The number of morpholine rings is 1. The van der Waals surface area contributed by atoms with Crippen LogP contribution in [0.25, 0.3) is 0 Å². The highest BCUT2D eigenvalue weighted by atomic mass is 16.5. The van der Waals surface area contributed by atoms with E-state index in [2.05, 4.69) is 29.3 Å². The Hall–Kier alpha value is -2.74. The number of carbonyl (C=O) groups is 1. The molecule has 2 fully saturated rings. The lowest BCUT2D eigenvalue weighted by molar-refractivity contribution is 0.0352. The summed E-state index contributed by atoms with van der Waals surface area (Å²) >= 11 is 0. The van der Waals surface area contributed by atoms with Gasteiger partial charge in [-0.1, -0.05) is 12.2 Å². The molecule has 0 aromatic heterocycles. The summed E-state index contributed by atoms with van der Waals surface area (Å²) in [5.41, 5.74) is 2.25. The monoisotopic (exact) mass is 468 g/mol. The van der Waals surface area contributed by atoms with Gasteiger partial charge < -0.3 is 24.0 Å². The first-order valence-electron chi connectivity index (χ1n) is 12.5. The second-order valence-electron chi connectivity index (χ2n) is 9.59. The van der Waals surface area contributed by atoms with E-state index in [0.717, 1.165) is 68.1 Å². The summed E-state index contributed by atoms with van der Waals surface area (Å²) in [6, 6.07) is 6.64. The van der Waals surface area contributed by atoms with Gasteiger partial charge in [0.1, 0.15) is 0 Å². The molecule has 1 aliphatic carbocycles. The van der Waals surface area contributed by atoms with Gasteiger partial charge in [-0.2, -0.15) is 5.10 Å². The van der Waals surface area contributed by atoms with Crippen LogP contribution in [0.5, 0.6) is 11.5 Å². The van der Waals surface area contributed by atoms with E-state index >= 15 is 0 Å². The number of methoxy groups -OCH3 is 2. The summed E-state index contributed by atoms with van der Waals surface area (Å²) in [6.45, 7) is 5.22. The maximum absolute atomic E-state index is 12.9.